The smallest absolute Gasteiger partial charge is 0.168 e. The first-order valence-corrected chi connectivity index (χ1v) is 6.86. The minimum absolute atomic E-state index is 0.314. The van der Waals surface area contributed by atoms with Crippen molar-refractivity contribution in [1.29, 1.82) is 0 Å². The first kappa shape index (κ1) is 13.5. The molecule has 5 heteroatoms. The quantitative estimate of drug-likeness (QED) is 0.857. The predicted octanol–water partition coefficient (Wildman–Crippen LogP) is 2.81. The SMILES string of the molecule is COCCN1CCC(n2ccc3c(F)c(F)ccc32)C1. The molecule has 0 saturated carbocycles. The fourth-order valence-electron chi connectivity index (χ4n) is 2.96. The average molecular weight is 280 g/mol. The van der Waals surface area contributed by atoms with Gasteiger partial charge in [0.15, 0.2) is 11.6 Å². The Hall–Kier alpha value is -1.46. The van der Waals surface area contributed by atoms with Gasteiger partial charge in [0, 0.05) is 44.4 Å². The van der Waals surface area contributed by atoms with Crippen LogP contribution in [0, 0.1) is 11.6 Å². The minimum Gasteiger partial charge on any atom is -0.383 e. The molecular formula is C15H18F2N2O. The molecule has 1 saturated heterocycles. The number of methoxy groups -OCH3 is 1. The van der Waals surface area contributed by atoms with Crippen LogP contribution in [0.3, 0.4) is 0 Å². The van der Waals surface area contributed by atoms with Crippen LogP contribution in [0.25, 0.3) is 10.9 Å². The summed E-state index contributed by atoms with van der Waals surface area (Å²) in [6.45, 7) is 3.57. The van der Waals surface area contributed by atoms with E-state index in [4.69, 9.17) is 4.74 Å². The summed E-state index contributed by atoms with van der Waals surface area (Å²) in [6.07, 6.45) is 2.88. The molecule has 1 aliphatic heterocycles. The van der Waals surface area contributed by atoms with Gasteiger partial charge in [-0.25, -0.2) is 8.78 Å². The number of halogens is 2. The number of ether oxygens (including phenoxy) is 1. The molecule has 0 spiro atoms. The molecule has 0 aliphatic carbocycles. The maximum atomic E-state index is 13.7. The van der Waals surface area contributed by atoms with E-state index in [2.05, 4.69) is 9.47 Å². The van der Waals surface area contributed by atoms with E-state index in [1.165, 1.54) is 6.07 Å². The lowest BCUT2D eigenvalue weighted by Gasteiger charge is -2.17. The molecule has 3 rings (SSSR count). The fraction of sp³-hybridized carbons (Fsp3) is 0.467. The second-order valence-corrected chi connectivity index (χ2v) is 5.25. The summed E-state index contributed by atoms with van der Waals surface area (Å²) < 4.78 is 34.1. The fourth-order valence-corrected chi connectivity index (χ4v) is 2.96. The van der Waals surface area contributed by atoms with E-state index in [0.717, 1.165) is 38.2 Å². The molecule has 3 nitrogen and oxygen atoms in total. The molecule has 2 aromatic rings. The molecule has 1 aromatic carbocycles. The van der Waals surface area contributed by atoms with Crippen LogP contribution in [0.15, 0.2) is 24.4 Å². The average Bonchev–Trinajstić information content (AvgIpc) is 3.07. The van der Waals surface area contributed by atoms with Crippen LogP contribution in [0.1, 0.15) is 12.5 Å². The number of likely N-dealkylation sites (tertiary alicyclic amines) is 1. The Labute approximate surface area is 116 Å². The zero-order chi connectivity index (χ0) is 14.1. The third-order valence-corrected chi connectivity index (χ3v) is 4.04. The van der Waals surface area contributed by atoms with Crippen LogP contribution in [0.4, 0.5) is 8.78 Å². The van der Waals surface area contributed by atoms with E-state index in [1.54, 1.807) is 19.2 Å². The van der Waals surface area contributed by atoms with Crippen LogP contribution in [0.2, 0.25) is 0 Å². The predicted molar refractivity (Wildman–Crippen MR) is 73.8 cm³/mol. The zero-order valence-corrected chi connectivity index (χ0v) is 11.5. The number of rotatable bonds is 4. The van der Waals surface area contributed by atoms with Crippen LogP contribution in [-0.4, -0.2) is 42.8 Å². The van der Waals surface area contributed by atoms with Crippen molar-refractivity contribution in [2.45, 2.75) is 12.5 Å². The highest BCUT2D eigenvalue weighted by molar-refractivity contribution is 5.81. The largest absolute Gasteiger partial charge is 0.383 e. The number of benzene rings is 1. The van der Waals surface area contributed by atoms with Crippen molar-refractivity contribution in [3.8, 4) is 0 Å². The Kier molecular flexibility index (Phi) is 3.72. The molecule has 1 unspecified atom stereocenters. The van der Waals surface area contributed by atoms with Gasteiger partial charge in [0.1, 0.15) is 0 Å². The van der Waals surface area contributed by atoms with Gasteiger partial charge in [0.25, 0.3) is 0 Å². The standard InChI is InChI=1S/C15H18F2N2O/c1-20-9-8-18-6-4-11(10-18)19-7-5-12-14(19)3-2-13(16)15(12)17/h2-3,5,7,11H,4,6,8-10H2,1H3. The number of fused-ring (bicyclic) bond motifs is 1. The highest BCUT2D eigenvalue weighted by atomic mass is 19.2. The van der Waals surface area contributed by atoms with Crippen molar-refractivity contribution < 1.29 is 13.5 Å². The third kappa shape index (κ3) is 2.31. The van der Waals surface area contributed by atoms with Crippen molar-refractivity contribution in [1.82, 2.24) is 9.47 Å². The van der Waals surface area contributed by atoms with Gasteiger partial charge in [0.2, 0.25) is 0 Å². The summed E-state index contributed by atoms with van der Waals surface area (Å²) in [4.78, 5) is 2.33. The summed E-state index contributed by atoms with van der Waals surface area (Å²) in [7, 11) is 1.70. The Morgan fingerprint density at radius 2 is 2.15 bits per heavy atom. The summed E-state index contributed by atoms with van der Waals surface area (Å²) in [5, 5.41) is 0.361. The lowest BCUT2D eigenvalue weighted by atomic mass is 10.2. The number of aromatic nitrogens is 1. The third-order valence-electron chi connectivity index (χ3n) is 4.04. The molecule has 1 aliphatic rings. The molecule has 1 aromatic heterocycles. The first-order chi connectivity index (χ1) is 9.70. The van der Waals surface area contributed by atoms with Crippen LogP contribution >= 0.6 is 0 Å². The molecule has 1 fully saturated rings. The Morgan fingerprint density at radius 1 is 1.30 bits per heavy atom. The number of hydrogen-bond acceptors (Lipinski definition) is 2. The van der Waals surface area contributed by atoms with Crippen LogP contribution in [0.5, 0.6) is 0 Å². The van der Waals surface area contributed by atoms with Gasteiger partial charge < -0.3 is 9.30 Å². The lowest BCUT2D eigenvalue weighted by Crippen LogP contribution is -2.25. The maximum absolute atomic E-state index is 13.7. The van der Waals surface area contributed by atoms with Gasteiger partial charge in [-0.05, 0) is 24.6 Å². The molecule has 1 atom stereocenters. The number of nitrogens with zero attached hydrogens (tertiary/aromatic N) is 2. The maximum Gasteiger partial charge on any atom is 0.168 e. The van der Waals surface area contributed by atoms with E-state index >= 15 is 0 Å². The lowest BCUT2D eigenvalue weighted by molar-refractivity contribution is 0.159. The van der Waals surface area contributed by atoms with Gasteiger partial charge in [-0.15, -0.1) is 0 Å². The molecule has 108 valence electrons. The topological polar surface area (TPSA) is 17.4 Å². The molecule has 0 N–H and O–H groups in total. The Bertz CT molecular complexity index is 611. The van der Waals surface area contributed by atoms with Crippen molar-refractivity contribution in [2.24, 2.45) is 0 Å². The van der Waals surface area contributed by atoms with Crippen molar-refractivity contribution >= 4 is 10.9 Å². The van der Waals surface area contributed by atoms with E-state index in [1.807, 2.05) is 6.20 Å². The van der Waals surface area contributed by atoms with Crippen LogP contribution in [-0.2, 0) is 4.74 Å². The van der Waals surface area contributed by atoms with Gasteiger partial charge in [0.05, 0.1) is 12.1 Å². The Morgan fingerprint density at radius 3 is 2.95 bits per heavy atom. The van der Waals surface area contributed by atoms with E-state index in [9.17, 15) is 8.78 Å². The second kappa shape index (κ2) is 5.50. The van der Waals surface area contributed by atoms with Crippen molar-refractivity contribution in [3.63, 3.8) is 0 Å². The summed E-state index contributed by atoms with van der Waals surface area (Å²) >= 11 is 0. The van der Waals surface area contributed by atoms with E-state index in [0.29, 0.717) is 11.4 Å². The van der Waals surface area contributed by atoms with E-state index < -0.39 is 11.6 Å². The first-order valence-electron chi connectivity index (χ1n) is 6.86. The normalized spacial score (nSPS) is 20.1. The van der Waals surface area contributed by atoms with Gasteiger partial charge in [-0.3, -0.25) is 4.90 Å². The summed E-state index contributed by atoms with van der Waals surface area (Å²) in [6, 6.07) is 4.83. The van der Waals surface area contributed by atoms with Crippen molar-refractivity contribution in [3.05, 3.63) is 36.0 Å². The summed E-state index contributed by atoms with van der Waals surface area (Å²) in [5.41, 5.74) is 0.766. The van der Waals surface area contributed by atoms with Gasteiger partial charge >= 0.3 is 0 Å². The van der Waals surface area contributed by atoms with E-state index in [-0.39, 0.29) is 0 Å². The minimum atomic E-state index is -0.789. The summed E-state index contributed by atoms with van der Waals surface area (Å²) in [5.74, 6) is -1.54. The molecule has 0 amide bonds. The van der Waals surface area contributed by atoms with Gasteiger partial charge in [-0.2, -0.15) is 0 Å². The second-order valence-electron chi connectivity index (χ2n) is 5.25. The highest BCUT2D eigenvalue weighted by Gasteiger charge is 2.24. The van der Waals surface area contributed by atoms with Gasteiger partial charge in [-0.1, -0.05) is 0 Å². The molecule has 0 bridgehead atoms. The molecule has 20 heavy (non-hydrogen) atoms. The Balaban J connectivity index is 1.83. The monoisotopic (exact) mass is 280 g/mol. The molecule has 0 radical (unpaired) electrons. The van der Waals surface area contributed by atoms with Crippen molar-refractivity contribution in [2.75, 3.05) is 33.4 Å². The highest BCUT2D eigenvalue weighted by Crippen LogP contribution is 2.29. The van der Waals surface area contributed by atoms with Crippen LogP contribution < -0.4 is 0 Å². The zero-order valence-electron chi connectivity index (χ0n) is 11.5. The molecular weight excluding hydrogens is 262 g/mol. The molecule has 2 heterocycles. The number of hydrogen-bond donors (Lipinski definition) is 0.